The van der Waals surface area contributed by atoms with Gasteiger partial charge in [0.15, 0.2) is 0 Å². The molecule has 144 valence electrons. The number of nitrogens with one attached hydrogen (secondary N) is 1. The second kappa shape index (κ2) is 9.19. The Morgan fingerprint density at radius 3 is 2.43 bits per heavy atom. The zero-order chi connectivity index (χ0) is 19.9. The molecule has 1 heterocycles. The van der Waals surface area contributed by atoms with Crippen molar-refractivity contribution in [3.63, 3.8) is 0 Å². The molecule has 1 aromatic heterocycles. The van der Waals surface area contributed by atoms with Crippen LogP contribution >= 0.6 is 11.6 Å². The van der Waals surface area contributed by atoms with Crippen molar-refractivity contribution in [1.29, 1.82) is 0 Å². The van der Waals surface area contributed by atoms with Crippen LogP contribution < -0.4 is 10.1 Å². The van der Waals surface area contributed by atoms with Gasteiger partial charge >= 0.3 is 5.97 Å². The summed E-state index contributed by atoms with van der Waals surface area (Å²) in [5.41, 5.74) is 2.32. The van der Waals surface area contributed by atoms with Gasteiger partial charge in [-0.25, -0.2) is 9.97 Å². The normalized spacial score (nSPS) is 11.5. The molecule has 1 N–H and O–H groups in total. The Morgan fingerprint density at radius 2 is 1.82 bits per heavy atom. The van der Waals surface area contributed by atoms with Crippen LogP contribution in [-0.4, -0.2) is 30.2 Å². The van der Waals surface area contributed by atoms with E-state index in [-0.39, 0.29) is 11.1 Å². The molecule has 0 aliphatic carbocycles. The van der Waals surface area contributed by atoms with Gasteiger partial charge in [-0.15, -0.1) is 0 Å². The van der Waals surface area contributed by atoms with Gasteiger partial charge in [0.2, 0.25) is 5.95 Å². The van der Waals surface area contributed by atoms with Crippen LogP contribution in [0.3, 0.4) is 0 Å². The summed E-state index contributed by atoms with van der Waals surface area (Å²) in [5, 5.41) is 3.38. The molecule has 28 heavy (non-hydrogen) atoms. The number of anilines is 2. The molecule has 2 aromatic carbocycles. The van der Waals surface area contributed by atoms with E-state index in [0.29, 0.717) is 23.7 Å². The molecule has 1 atom stereocenters. The van der Waals surface area contributed by atoms with Crippen LogP contribution in [0.15, 0.2) is 60.8 Å². The molecule has 0 aliphatic heterocycles. The fraction of sp³-hybridized carbons (Fsp3) is 0.190. The lowest BCUT2D eigenvalue weighted by Crippen LogP contribution is -2.17. The number of benzene rings is 2. The number of ether oxygens (including phenoxy) is 2. The van der Waals surface area contributed by atoms with Crippen molar-refractivity contribution in [1.82, 2.24) is 9.97 Å². The molecule has 3 aromatic rings. The summed E-state index contributed by atoms with van der Waals surface area (Å²) < 4.78 is 10.1. The second-order valence-electron chi connectivity index (χ2n) is 6.05. The van der Waals surface area contributed by atoms with Crippen LogP contribution in [0.2, 0.25) is 5.15 Å². The van der Waals surface area contributed by atoms with Crippen LogP contribution in [-0.2, 0) is 16.0 Å². The van der Waals surface area contributed by atoms with Crippen molar-refractivity contribution in [3.05, 3.63) is 77.1 Å². The van der Waals surface area contributed by atoms with Crippen molar-refractivity contribution in [2.45, 2.75) is 12.3 Å². The number of carbonyl (C=O) groups is 1. The fourth-order valence-corrected chi connectivity index (χ4v) is 2.98. The maximum absolute atomic E-state index is 12.3. The van der Waals surface area contributed by atoms with E-state index in [1.807, 2.05) is 42.5 Å². The van der Waals surface area contributed by atoms with Gasteiger partial charge in [-0.3, -0.25) is 4.79 Å². The first kappa shape index (κ1) is 19.6. The zero-order valence-corrected chi connectivity index (χ0v) is 16.3. The average molecular weight is 398 g/mol. The fourth-order valence-electron chi connectivity index (χ4n) is 2.77. The number of aromatic nitrogens is 2. The summed E-state index contributed by atoms with van der Waals surface area (Å²) in [6.45, 7) is 0. The van der Waals surface area contributed by atoms with Crippen molar-refractivity contribution in [2.75, 3.05) is 19.5 Å². The Kier molecular flexibility index (Phi) is 6.45. The highest BCUT2D eigenvalue weighted by Crippen LogP contribution is 2.27. The molecule has 6 nitrogen and oxygen atoms in total. The number of carbonyl (C=O) groups excluding carboxylic acids is 1. The Labute approximate surface area is 168 Å². The molecule has 0 radical (unpaired) electrons. The summed E-state index contributed by atoms with van der Waals surface area (Å²) in [7, 11) is 2.96. The third-order valence-electron chi connectivity index (χ3n) is 4.27. The summed E-state index contributed by atoms with van der Waals surface area (Å²) in [5.74, 6) is 0.224. The Bertz CT molecular complexity index is 933. The van der Waals surface area contributed by atoms with Gasteiger partial charge in [0.05, 0.1) is 20.1 Å². The first-order valence-corrected chi connectivity index (χ1v) is 9.03. The predicted octanol–water partition coefficient (Wildman–Crippen LogP) is 4.38. The molecule has 0 spiro atoms. The quantitative estimate of drug-likeness (QED) is 0.471. The monoisotopic (exact) mass is 397 g/mol. The van der Waals surface area contributed by atoms with E-state index in [1.54, 1.807) is 25.4 Å². The summed E-state index contributed by atoms with van der Waals surface area (Å²) >= 11 is 6.36. The molecule has 0 aliphatic rings. The van der Waals surface area contributed by atoms with E-state index in [9.17, 15) is 4.79 Å². The zero-order valence-electron chi connectivity index (χ0n) is 15.6. The minimum absolute atomic E-state index is 0.288. The van der Waals surface area contributed by atoms with E-state index >= 15 is 0 Å². The van der Waals surface area contributed by atoms with Gasteiger partial charge in [0.1, 0.15) is 10.9 Å². The van der Waals surface area contributed by atoms with E-state index < -0.39 is 5.92 Å². The van der Waals surface area contributed by atoms with E-state index in [0.717, 1.165) is 11.3 Å². The number of methoxy groups -OCH3 is 2. The Hall–Kier alpha value is -3.12. The predicted molar refractivity (Wildman–Crippen MR) is 108 cm³/mol. The standard InChI is InChI=1S/C21H20ClN3O3/c1-27-17-10-8-14(9-11-17)18(20(26)28-2)12-15-13-23-21(25-19(15)22)24-16-6-4-3-5-7-16/h3-11,13,18H,12H2,1-2H3,(H,23,24,25). The van der Waals surface area contributed by atoms with Crippen LogP contribution in [0.25, 0.3) is 0 Å². The number of hydrogen-bond acceptors (Lipinski definition) is 6. The molecular formula is C21H20ClN3O3. The highest BCUT2D eigenvalue weighted by molar-refractivity contribution is 6.30. The lowest BCUT2D eigenvalue weighted by Gasteiger charge is -2.16. The van der Waals surface area contributed by atoms with E-state index in [4.69, 9.17) is 21.1 Å². The van der Waals surface area contributed by atoms with Crippen LogP contribution in [0.1, 0.15) is 17.0 Å². The highest BCUT2D eigenvalue weighted by Gasteiger charge is 2.24. The van der Waals surface area contributed by atoms with Gasteiger partial charge in [0.25, 0.3) is 0 Å². The number of para-hydroxylation sites is 1. The minimum Gasteiger partial charge on any atom is -0.497 e. The number of hydrogen-bond donors (Lipinski definition) is 1. The minimum atomic E-state index is -0.523. The number of halogens is 1. The second-order valence-corrected chi connectivity index (χ2v) is 6.41. The molecule has 0 fully saturated rings. The lowest BCUT2D eigenvalue weighted by molar-refractivity contribution is -0.142. The van der Waals surface area contributed by atoms with Gasteiger partial charge < -0.3 is 14.8 Å². The Morgan fingerprint density at radius 1 is 1.11 bits per heavy atom. The largest absolute Gasteiger partial charge is 0.497 e. The third kappa shape index (κ3) is 4.78. The third-order valence-corrected chi connectivity index (χ3v) is 4.60. The van der Waals surface area contributed by atoms with Crippen molar-refractivity contribution in [3.8, 4) is 5.75 Å². The van der Waals surface area contributed by atoms with Gasteiger partial charge in [0, 0.05) is 17.4 Å². The SMILES string of the molecule is COC(=O)C(Cc1cnc(Nc2ccccc2)nc1Cl)c1ccc(OC)cc1. The number of nitrogens with zero attached hydrogens (tertiary/aromatic N) is 2. The molecule has 0 amide bonds. The summed E-state index contributed by atoms with van der Waals surface area (Å²) in [6, 6.07) is 16.8. The maximum atomic E-state index is 12.3. The topological polar surface area (TPSA) is 73.3 Å². The average Bonchev–Trinajstić information content (AvgIpc) is 2.73. The van der Waals surface area contributed by atoms with Gasteiger partial charge in [-0.05, 0) is 36.2 Å². The van der Waals surface area contributed by atoms with Gasteiger partial charge in [-0.2, -0.15) is 0 Å². The maximum Gasteiger partial charge on any atom is 0.313 e. The molecule has 0 saturated heterocycles. The number of rotatable bonds is 7. The van der Waals surface area contributed by atoms with Crippen LogP contribution in [0, 0.1) is 0 Å². The van der Waals surface area contributed by atoms with Crippen LogP contribution in [0.4, 0.5) is 11.6 Å². The molecule has 0 saturated carbocycles. The first-order chi connectivity index (χ1) is 13.6. The van der Waals surface area contributed by atoms with E-state index in [2.05, 4.69) is 15.3 Å². The van der Waals surface area contributed by atoms with Crippen LogP contribution in [0.5, 0.6) is 5.75 Å². The summed E-state index contributed by atoms with van der Waals surface area (Å²) in [6.07, 6.45) is 1.95. The van der Waals surface area contributed by atoms with Gasteiger partial charge in [-0.1, -0.05) is 41.9 Å². The van der Waals surface area contributed by atoms with Crippen molar-refractivity contribution >= 4 is 29.2 Å². The lowest BCUT2D eigenvalue weighted by atomic mass is 9.93. The molecule has 3 rings (SSSR count). The highest BCUT2D eigenvalue weighted by atomic mass is 35.5. The molecular weight excluding hydrogens is 378 g/mol. The summed E-state index contributed by atoms with van der Waals surface area (Å²) in [4.78, 5) is 21.0. The van der Waals surface area contributed by atoms with Crippen molar-refractivity contribution < 1.29 is 14.3 Å². The van der Waals surface area contributed by atoms with E-state index in [1.165, 1.54) is 7.11 Å². The smallest absolute Gasteiger partial charge is 0.313 e. The Balaban J connectivity index is 1.81. The molecule has 0 bridgehead atoms. The first-order valence-electron chi connectivity index (χ1n) is 8.66. The van der Waals surface area contributed by atoms with Crippen molar-refractivity contribution in [2.24, 2.45) is 0 Å². The number of esters is 1. The molecule has 7 heteroatoms. The molecule has 1 unspecified atom stereocenters.